The third-order valence-electron chi connectivity index (χ3n) is 5.70. The van der Waals surface area contributed by atoms with Crippen molar-refractivity contribution in [3.8, 4) is 0 Å². The maximum absolute atomic E-state index is 13.4. The van der Waals surface area contributed by atoms with Gasteiger partial charge in [-0.2, -0.15) is 0 Å². The van der Waals surface area contributed by atoms with E-state index in [0.29, 0.717) is 15.7 Å². The molecule has 3 heterocycles. The van der Waals surface area contributed by atoms with Crippen molar-refractivity contribution in [2.24, 2.45) is 5.92 Å². The molecular formula is C20H17Cl2N3O2. The number of imide groups is 1. The van der Waals surface area contributed by atoms with E-state index in [2.05, 4.69) is 10.0 Å². The third kappa shape index (κ3) is 2.46. The number of amides is 2. The normalized spacial score (nSPS) is 28.1. The average molecular weight is 402 g/mol. The summed E-state index contributed by atoms with van der Waals surface area (Å²) in [6, 6.07) is 14.2. The van der Waals surface area contributed by atoms with E-state index in [9.17, 15) is 9.59 Å². The molecule has 0 bridgehead atoms. The molecule has 0 spiro atoms. The highest BCUT2D eigenvalue weighted by Gasteiger charge is 2.63. The highest BCUT2D eigenvalue weighted by Crippen LogP contribution is 2.49. The minimum absolute atomic E-state index is 0.133. The van der Waals surface area contributed by atoms with Crippen LogP contribution in [0.1, 0.15) is 18.0 Å². The number of benzene rings is 2. The number of halogens is 2. The zero-order valence-corrected chi connectivity index (χ0v) is 15.9. The number of carbonyl (C=O) groups excluding carboxylic acids is 2. The largest absolute Gasteiger partial charge is 0.274 e. The molecule has 2 aromatic rings. The lowest BCUT2D eigenvalue weighted by Gasteiger charge is -2.30. The van der Waals surface area contributed by atoms with Crippen molar-refractivity contribution in [2.75, 3.05) is 18.0 Å². The van der Waals surface area contributed by atoms with Crippen LogP contribution >= 0.6 is 23.2 Å². The third-order valence-corrected chi connectivity index (χ3v) is 6.24. The van der Waals surface area contributed by atoms with Crippen molar-refractivity contribution in [3.05, 3.63) is 64.1 Å². The minimum Gasteiger partial charge on any atom is -0.274 e. The van der Waals surface area contributed by atoms with E-state index in [1.807, 2.05) is 30.3 Å². The number of hydrazine groups is 1. The summed E-state index contributed by atoms with van der Waals surface area (Å²) in [5, 5.41) is 5.04. The number of nitrogens with zero attached hydrogens (tertiary/aromatic N) is 3. The molecule has 0 saturated carbocycles. The molecule has 3 fully saturated rings. The fourth-order valence-electron chi connectivity index (χ4n) is 4.66. The number of rotatable bonds is 2. The van der Waals surface area contributed by atoms with Gasteiger partial charge in [0.05, 0.1) is 22.7 Å². The smallest absolute Gasteiger partial charge is 0.253 e. The van der Waals surface area contributed by atoms with Crippen LogP contribution in [-0.4, -0.2) is 41.0 Å². The van der Waals surface area contributed by atoms with Gasteiger partial charge in [-0.3, -0.25) is 9.59 Å². The zero-order valence-electron chi connectivity index (χ0n) is 14.4. The predicted octanol–water partition coefficient (Wildman–Crippen LogP) is 3.53. The van der Waals surface area contributed by atoms with Crippen molar-refractivity contribution in [3.63, 3.8) is 0 Å². The molecule has 2 amide bonds. The Morgan fingerprint density at radius 1 is 0.852 bits per heavy atom. The van der Waals surface area contributed by atoms with E-state index in [4.69, 9.17) is 23.2 Å². The van der Waals surface area contributed by atoms with Crippen LogP contribution in [0.5, 0.6) is 0 Å². The average Bonchev–Trinajstić information content (AvgIpc) is 3.29. The molecule has 2 aromatic carbocycles. The summed E-state index contributed by atoms with van der Waals surface area (Å²) in [6.45, 7) is 1.64. The molecule has 3 atom stereocenters. The first-order valence-electron chi connectivity index (χ1n) is 8.99. The van der Waals surface area contributed by atoms with Crippen molar-refractivity contribution in [1.29, 1.82) is 0 Å². The summed E-state index contributed by atoms with van der Waals surface area (Å²) >= 11 is 12.3. The molecule has 0 aliphatic carbocycles. The number of hydrogen-bond acceptors (Lipinski definition) is 4. The van der Waals surface area contributed by atoms with Crippen LogP contribution in [-0.2, 0) is 9.59 Å². The molecule has 0 aromatic heterocycles. The highest BCUT2D eigenvalue weighted by atomic mass is 35.5. The number of fused-ring (bicyclic) bond motifs is 3. The molecule has 0 radical (unpaired) electrons. The van der Waals surface area contributed by atoms with Gasteiger partial charge in [-0.25, -0.2) is 14.9 Å². The van der Waals surface area contributed by atoms with E-state index in [-0.39, 0.29) is 17.9 Å². The lowest BCUT2D eigenvalue weighted by molar-refractivity contribution is -0.126. The lowest BCUT2D eigenvalue weighted by atomic mass is 9.90. The summed E-state index contributed by atoms with van der Waals surface area (Å²) in [7, 11) is 0. The van der Waals surface area contributed by atoms with E-state index in [1.54, 1.807) is 18.2 Å². The van der Waals surface area contributed by atoms with Gasteiger partial charge in [-0.15, -0.1) is 0 Å². The first kappa shape index (κ1) is 17.2. The van der Waals surface area contributed by atoms with Crippen molar-refractivity contribution >= 4 is 40.7 Å². The Balaban J connectivity index is 1.60. The van der Waals surface area contributed by atoms with Crippen molar-refractivity contribution in [1.82, 2.24) is 10.0 Å². The van der Waals surface area contributed by atoms with Gasteiger partial charge < -0.3 is 0 Å². The Morgan fingerprint density at radius 3 is 2.26 bits per heavy atom. The summed E-state index contributed by atoms with van der Waals surface area (Å²) < 4.78 is 0. The van der Waals surface area contributed by atoms with Gasteiger partial charge >= 0.3 is 0 Å². The molecule has 7 heteroatoms. The van der Waals surface area contributed by atoms with Crippen LogP contribution in [0, 0.1) is 5.92 Å². The molecule has 27 heavy (non-hydrogen) atoms. The van der Waals surface area contributed by atoms with E-state index in [1.165, 1.54) is 4.90 Å². The van der Waals surface area contributed by atoms with Gasteiger partial charge in [-0.05, 0) is 30.2 Å². The Hall–Kier alpha value is -1.92. The van der Waals surface area contributed by atoms with Gasteiger partial charge in [0.2, 0.25) is 5.91 Å². The minimum atomic E-state index is -0.475. The Morgan fingerprint density at radius 2 is 1.56 bits per heavy atom. The molecular weight excluding hydrogens is 385 g/mol. The fourth-order valence-corrected chi connectivity index (χ4v) is 5.16. The fraction of sp³-hybridized carbons (Fsp3) is 0.300. The molecule has 0 unspecified atom stereocenters. The second-order valence-corrected chi connectivity index (χ2v) is 7.96. The molecule has 0 N–H and O–H groups in total. The summed E-state index contributed by atoms with van der Waals surface area (Å²) in [5.41, 5.74) is 1.46. The molecule has 3 aliphatic rings. The summed E-state index contributed by atoms with van der Waals surface area (Å²) in [4.78, 5) is 28.0. The van der Waals surface area contributed by atoms with Gasteiger partial charge in [0.25, 0.3) is 5.91 Å². The maximum Gasteiger partial charge on any atom is 0.253 e. The second-order valence-electron chi connectivity index (χ2n) is 7.11. The molecule has 3 aliphatic heterocycles. The monoisotopic (exact) mass is 401 g/mol. The summed E-state index contributed by atoms with van der Waals surface area (Å²) in [5.74, 6) is -0.844. The molecule has 5 nitrogen and oxygen atoms in total. The Bertz CT molecular complexity index is 936. The predicted molar refractivity (Wildman–Crippen MR) is 103 cm³/mol. The standard InChI is InChI=1S/C20H17Cl2N3O2/c21-13-7-8-15(14(22)11-13)25-19(26)16-17(12-5-2-1-3-6-12)23-9-4-10-24(23)18(16)20(25)27/h1-3,5-8,11,16-18H,4,9-10H2/t16-,17-,18+/m1/s1. The number of carbonyl (C=O) groups is 2. The zero-order chi connectivity index (χ0) is 18.7. The van der Waals surface area contributed by atoms with Crippen LogP contribution in [0.3, 0.4) is 0 Å². The van der Waals surface area contributed by atoms with E-state index in [0.717, 1.165) is 25.1 Å². The van der Waals surface area contributed by atoms with E-state index < -0.39 is 12.0 Å². The Kier molecular flexibility index (Phi) is 4.02. The van der Waals surface area contributed by atoms with Crippen molar-refractivity contribution < 1.29 is 9.59 Å². The Labute approximate surface area is 167 Å². The van der Waals surface area contributed by atoms with Crippen LogP contribution in [0.4, 0.5) is 5.69 Å². The van der Waals surface area contributed by atoms with E-state index >= 15 is 0 Å². The maximum atomic E-state index is 13.4. The summed E-state index contributed by atoms with van der Waals surface area (Å²) in [6.07, 6.45) is 0.982. The van der Waals surface area contributed by atoms with Gasteiger partial charge in [-0.1, -0.05) is 53.5 Å². The lowest BCUT2D eigenvalue weighted by Crippen LogP contribution is -2.44. The molecule has 138 valence electrons. The second kappa shape index (κ2) is 6.31. The topological polar surface area (TPSA) is 43.9 Å². The van der Waals surface area contributed by atoms with Crippen LogP contribution in [0.2, 0.25) is 10.0 Å². The first-order valence-corrected chi connectivity index (χ1v) is 9.74. The van der Waals surface area contributed by atoms with Crippen LogP contribution in [0.25, 0.3) is 0 Å². The number of hydrogen-bond donors (Lipinski definition) is 0. The van der Waals surface area contributed by atoms with Gasteiger partial charge in [0, 0.05) is 18.1 Å². The van der Waals surface area contributed by atoms with Crippen LogP contribution < -0.4 is 4.90 Å². The van der Waals surface area contributed by atoms with Crippen molar-refractivity contribution in [2.45, 2.75) is 18.5 Å². The van der Waals surface area contributed by atoms with Crippen LogP contribution in [0.15, 0.2) is 48.5 Å². The van der Waals surface area contributed by atoms with Gasteiger partial charge in [0.15, 0.2) is 0 Å². The first-order chi connectivity index (χ1) is 13.1. The van der Waals surface area contributed by atoms with Gasteiger partial charge in [0.1, 0.15) is 6.04 Å². The SMILES string of the molecule is O=C1[C@H]2[C@@H](C(=O)N1c1ccc(Cl)cc1Cl)N1CCCN1[C@@H]2c1ccccc1. The quantitative estimate of drug-likeness (QED) is 0.721. The highest BCUT2D eigenvalue weighted by molar-refractivity contribution is 6.38. The molecule has 5 rings (SSSR count). The number of anilines is 1. The molecule has 3 saturated heterocycles.